The average molecular weight is 218 g/mol. The topological polar surface area (TPSA) is 32.3 Å². The molecule has 2 rings (SSSR count). The van der Waals surface area contributed by atoms with Crippen LogP contribution in [0.2, 0.25) is 0 Å². The third kappa shape index (κ3) is 2.75. The fourth-order valence-electron chi connectivity index (χ4n) is 2.00. The largest absolute Gasteiger partial charge is 0.334 e. The normalized spacial score (nSPS) is 19.8. The van der Waals surface area contributed by atoms with E-state index in [1.165, 1.54) is 0 Å². The molecule has 2 amide bonds. The van der Waals surface area contributed by atoms with E-state index >= 15 is 0 Å². The van der Waals surface area contributed by atoms with Crippen LogP contribution < -0.4 is 5.32 Å². The zero-order valence-corrected chi connectivity index (χ0v) is 9.65. The summed E-state index contributed by atoms with van der Waals surface area (Å²) in [5.74, 6) is 0.641. The van der Waals surface area contributed by atoms with Crippen molar-refractivity contribution in [3.05, 3.63) is 35.9 Å². The molecule has 1 heterocycles. The molecule has 3 heteroatoms. The second kappa shape index (κ2) is 5.01. The highest BCUT2D eigenvalue weighted by atomic mass is 16.2. The highest BCUT2D eigenvalue weighted by Gasteiger charge is 2.22. The number of hydrogen-bond acceptors (Lipinski definition) is 1. The van der Waals surface area contributed by atoms with E-state index < -0.39 is 0 Å². The second-order valence-electron chi connectivity index (χ2n) is 4.48. The molecule has 0 spiro atoms. The fourth-order valence-corrected chi connectivity index (χ4v) is 2.00. The molecule has 1 fully saturated rings. The molecule has 1 aliphatic rings. The Balaban J connectivity index is 1.80. The van der Waals surface area contributed by atoms with Gasteiger partial charge in [0.25, 0.3) is 0 Å². The quantitative estimate of drug-likeness (QED) is 0.811. The van der Waals surface area contributed by atoms with E-state index in [-0.39, 0.29) is 6.03 Å². The van der Waals surface area contributed by atoms with Gasteiger partial charge in [0, 0.05) is 19.6 Å². The first-order chi connectivity index (χ1) is 7.75. The van der Waals surface area contributed by atoms with Gasteiger partial charge in [0.15, 0.2) is 0 Å². The lowest BCUT2D eigenvalue weighted by Gasteiger charge is -2.16. The Bertz CT molecular complexity index is 350. The Labute approximate surface area is 96.5 Å². The van der Waals surface area contributed by atoms with Gasteiger partial charge < -0.3 is 10.2 Å². The Kier molecular flexibility index (Phi) is 3.44. The van der Waals surface area contributed by atoms with Crippen LogP contribution in [0.25, 0.3) is 0 Å². The predicted molar refractivity (Wildman–Crippen MR) is 64.0 cm³/mol. The Morgan fingerprint density at radius 3 is 2.81 bits per heavy atom. The zero-order chi connectivity index (χ0) is 11.4. The van der Waals surface area contributed by atoms with Gasteiger partial charge in [0.05, 0.1) is 0 Å². The van der Waals surface area contributed by atoms with Crippen LogP contribution in [-0.4, -0.2) is 24.0 Å². The van der Waals surface area contributed by atoms with Crippen molar-refractivity contribution in [3.63, 3.8) is 0 Å². The van der Waals surface area contributed by atoms with Crippen LogP contribution in [0.1, 0.15) is 18.9 Å². The van der Waals surface area contributed by atoms with E-state index in [9.17, 15) is 4.79 Å². The Morgan fingerprint density at radius 1 is 1.44 bits per heavy atom. The lowest BCUT2D eigenvalue weighted by atomic mass is 10.2. The molecule has 0 radical (unpaired) electrons. The zero-order valence-electron chi connectivity index (χ0n) is 9.65. The van der Waals surface area contributed by atoms with E-state index in [1.54, 1.807) is 0 Å². The third-order valence-electron chi connectivity index (χ3n) is 3.00. The number of rotatable bonds is 2. The number of nitrogens with zero attached hydrogens (tertiary/aromatic N) is 1. The maximum absolute atomic E-state index is 11.8. The van der Waals surface area contributed by atoms with Gasteiger partial charge in [-0.3, -0.25) is 0 Å². The predicted octanol–water partition coefficient (Wildman–Crippen LogP) is 2.24. The standard InChI is InChI=1S/C13H18N2O/c1-11-7-8-15(10-11)13(16)14-9-12-5-3-2-4-6-12/h2-6,11H,7-10H2,1H3,(H,14,16)/t11-/m0/s1. The van der Waals surface area contributed by atoms with Gasteiger partial charge in [0.2, 0.25) is 0 Å². The molecule has 0 aromatic heterocycles. The van der Waals surface area contributed by atoms with E-state index in [4.69, 9.17) is 0 Å². The number of amides is 2. The highest BCUT2D eigenvalue weighted by molar-refractivity contribution is 5.74. The summed E-state index contributed by atoms with van der Waals surface area (Å²) in [5, 5.41) is 2.95. The van der Waals surface area contributed by atoms with Crippen molar-refractivity contribution in [2.45, 2.75) is 19.9 Å². The van der Waals surface area contributed by atoms with E-state index in [2.05, 4.69) is 12.2 Å². The van der Waals surface area contributed by atoms with E-state index in [0.717, 1.165) is 25.1 Å². The summed E-state index contributed by atoms with van der Waals surface area (Å²) in [6.07, 6.45) is 1.12. The van der Waals surface area contributed by atoms with Gasteiger partial charge in [-0.2, -0.15) is 0 Å². The molecule has 1 aromatic carbocycles. The van der Waals surface area contributed by atoms with Crippen molar-refractivity contribution in [3.8, 4) is 0 Å². The molecular weight excluding hydrogens is 200 g/mol. The summed E-state index contributed by atoms with van der Waals surface area (Å²) in [4.78, 5) is 13.7. The molecule has 16 heavy (non-hydrogen) atoms. The van der Waals surface area contributed by atoms with Crippen LogP contribution in [0.15, 0.2) is 30.3 Å². The lowest BCUT2D eigenvalue weighted by molar-refractivity contribution is 0.207. The summed E-state index contributed by atoms with van der Waals surface area (Å²) in [6.45, 7) is 4.58. The van der Waals surface area contributed by atoms with Gasteiger partial charge >= 0.3 is 6.03 Å². The van der Waals surface area contributed by atoms with Gasteiger partial charge in [0.1, 0.15) is 0 Å². The third-order valence-corrected chi connectivity index (χ3v) is 3.00. The van der Waals surface area contributed by atoms with E-state index in [0.29, 0.717) is 12.5 Å². The van der Waals surface area contributed by atoms with Crippen molar-refractivity contribution in [1.82, 2.24) is 10.2 Å². The number of likely N-dealkylation sites (tertiary alicyclic amines) is 1. The Hall–Kier alpha value is -1.51. The molecule has 0 saturated carbocycles. The highest BCUT2D eigenvalue weighted by Crippen LogP contribution is 2.14. The second-order valence-corrected chi connectivity index (χ2v) is 4.48. The van der Waals surface area contributed by atoms with Gasteiger partial charge in [-0.15, -0.1) is 0 Å². The molecule has 1 aromatic rings. The van der Waals surface area contributed by atoms with Crippen molar-refractivity contribution in [1.29, 1.82) is 0 Å². The first-order valence-corrected chi connectivity index (χ1v) is 5.82. The molecule has 0 unspecified atom stereocenters. The van der Waals surface area contributed by atoms with Gasteiger partial charge in [-0.05, 0) is 17.9 Å². The maximum Gasteiger partial charge on any atom is 0.317 e. The summed E-state index contributed by atoms with van der Waals surface area (Å²) < 4.78 is 0. The molecule has 1 aliphatic heterocycles. The van der Waals surface area contributed by atoms with Crippen LogP contribution >= 0.6 is 0 Å². The molecule has 1 atom stereocenters. The minimum absolute atomic E-state index is 0.0632. The van der Waals surface area contributed by atoms with Gasteiger partial charge in [-0.25, -0.2) is 4.79 Å². The van der Waals surface area contributed by atoms with Crippen LogP contribution in [0.3, 0.4) is 0 Å². The van der Waals surface area contributed by atoms with Crippen LogP contribution in [-0.2, 0) is 6.54 Å². The molecule has 86 valence electrons. The number of nitrogens with one attached hydrogen (secondary N) is 1. The first kappa shape index (κ1) is 11.0. The van der Waals surface area contributed by atoms with Gasteiger partial charge in [-0.1, -0.05) is 37.3 Å². The average Bonchev–Trinajstić information content (AvgIpc) is 2.74. The van der Waals surface area contributed by atoms with Crippen LogP contribution in [0.4, 0.5) is 4.79 Å². The summed E-state index contributed by atoms with van der Waals surface area (Å²) in [7, 11) is 0. The SMILES string of the molecule is C[C@H]1CCN(C(=O)NCc2ccccc2)C1. The number of hydrogen-bond donors (Lipinski definition) is 1. The number of carbonyl (C=O) groups is 1. The molecule has 0 bridgehead atoms. The molecule has 1 saturated heterocycles. The minimum Gasteiger partial charge on any atom is -0.334 e. The van der Waals surface area contributed by atoms with E-state index in [1.807, 2.05) is 35.2 Å². The number of carbonyl (C=O) groups excluding carboxylic acids is 1. The fraction of sp³-hybridized carbons (Fsp3) is 0.462. The molecular formula is C13H18N2O. The van der Waals surface area contributed by atoms with Crippen molar-refractivity contribution in [2.24, 2.45) is 5.92 Å². The van der Waals surface area contributed by atoms with Crippen LogP contribution in [0, 0.1) is 5.92 Å². The summed E-state index contributed by atoms with van der Waals surface area (Å²) in [5.41, 5.74) is 1.14. The monoisotopic (exact) mass is 218 g/mol. The Morgan fingerprint density at radius 2 is 2.19 bits per heavy atom. The lowest BCUT2D eigenvalue weighted by Crippen LogP contribution is -2.37. The number of urea groups is 1. The summed E-state index contributed by atoms with van der Waals surface area (Å²) >= 11 is 0. The smallest absolute Gasteiger partial charge is 0.317 e. The first-order valence-electron chi connectivity index (χ1n) is 5.82. The maximum atomic E-state index is 11.8. The minimum atomic E-state index is 0.0632. The number of benzene rings is 1. The molecule has 0 aliphatic carbocycles. The van der Waals surface area contributed by atoms with Crippen LogP contribution in [0.5, 0.6) is 0 Å². The molecule has 3 nitrogen and oxygen atoms in total. The molecule has 1 N–H and O–H groups in total. The van der Waals surface area contributed by atoms with Crippen molar-refractivity contribution >= 4 is 6.03 Å². The van der Waals surface area contributed by atoms with Crippen molar-refractivity contribution in [2.75, 3.05) is 13.1 Å². The summed E-state index contributed by atoms with van der Waals surface area (Å²) in [6, 6.07) is 10.1. The van der Waals surface area contributed by atoms with Crippen molar-refractivity contribution < 1.29 is 4.79 Å².